The first-order valence-corrected chi connectivity index (χ1v) is 8.95. The lowest BCUT2D eigenvalue weighted by Crippen LogP contribution is -2.61. The number of hydrogen-bond acceptors (Lipinski definition) is 4. The lowest BCUT2D eigenvalue weighted by atomic mass is 9.85. The summed E-state index contributed by atoms with van der Waals surface area (Å²) >= 11 is 0. The molecule has 0 aliphatic carbocycles. The van der Waals surface area contributed by atoms with E-state index < -0.39 is 6.04 Å². The van der Waals surface area contributed by atoms with Gasteiger partial charge in [0.05, 0.1) is 6.04 Å². The van der Waals surface area contributed by atoms with Crippen LogP contribution >= 0.6 is 0 Å². The predicted octanol–water partition coefficient (Wildman–Crippen LogP) is 1.51. The van der Waals surface area contributed by atoms with Gasteiger partial charge in [-0.3, -0.25) is 9.69 Å². The molecule has 0 radical (unpaired) electrons. The fourth-order valence-electron chi connectivity index (χ4n) is 3.61. The zero-order valence-corrected chi connectivity index (χ0v) is 14.3. The van der Waals surface area contributed by atoms with Crippen LogP contribution in [0.3, 0.4) is 0 Å². The Morgan fingerprint density at radius 2 is 1.91 bits per heavy atom. The van der Waals surface area contributed by atoms with E-state index in [-0.39, 0.29) is 17.4 Å². The van der Waals surface area contributed by atoms with E-state index in [1.165, 1.54) is 19.3 Å². The lowest BCUT2D eigenvalue weighted by Gasteiger charge is -2.48. The van der Waals surface area contributed by atoms with Crippen molar-refractivity contribution in [2.75, 3.05) is 32.8 Å². The monoisotopic (exact) mass is 311 g/mol. The van der Waals surface area contributed by atoms with Crippen LogP contribution in [0.4, 0.5) is 0 Å². The Bertz CT molecular complexity index is 350. The molecule has 2 aliphatic heterocycles. The summed E-state index contributed by atoms with van der Waals surface area (Å²) in [5.41, 5.74) is 6.13. The predicted molar refractivity (Wildman–Crippen MR) is 88.6 cm³/mol. The van der Waals surface area contributed by atoms with Crippen LogP contribution in [0.1, 0.15) is 52.4 Å². The number of nitrogens with zero attached hydrogens (tertiary/aromatic N) is 1. The first-order chi connectivity index (χ1) is 10.6. The van der Waals surface area contributed by atoms with Gasteiger partial charge >= 0.3 is 0 Å². The van der Waals surface area contributed by atoms with E-state index in [2.05, 4.69) is 17.1 Å². The van der Waals surface area contributed by atoms with Gasteiger partial charge in [0.1, 0.15) is 0 Å². The first kappa shape index (κ1) is 17.7. The molecule has 2 atom stereocenters. The molecular weight excluding hydrogens is 278 g/mol. The molecule has 2 heterocycles. The van der Waals surface area contributed by atoms with Crippen LogP contribution in [-0.2, 0) is 9.53 Å². The van der Waals surface area contributed by atoms with E-state index in [9.17, 15) is 4.79 Å². The van der Waals surface area contributed by atoms with Crippen LogP contribution in [0.2, 0.25) is 0 Å². The summed E-state index contributed by atoms with van der Waals surface area (Å²) in [5, 5.41) is 3.14. The minimum atomic E-state index is -0.400. The second kappa shape index (κ2) is 8.27. The number of likely N-dealkylation sites (tertiary alicyclic amines) is 1. The molecule has 2 aliphatic rings. The number of rotatable bonds is 6. The second-order valence-corrected chi connectivity index (χ2v) is 7.01. The normalized spacial score (nSPS) is 25.4. The Kier molecular flexibility index (Phi) is 6.66. The third kappa shape index (κ3) is 4.21. The molecule has 22 heavy (non-hydrogen) atoms. The molecule has 0 saturated carbocycles. The average Bonchev–Trinajstić information content (AvgIpc) is 2.59. The van der Waals surface area contributed by atoms with Crippen LogP contribution in [0.15, 0.2) is 0 Å². The van der Waals surface area contributed by atoms with Crippen molar-refractivity contribution in [1.29, 1.82) is 0 Å². The number of carbonyl (C=O) groups is 1. The SMILES string of the molecule is CCC(C)C(N)C(=O)NCC1(N2CCCCC2)CCOCC1. The van der Waals surface area contributed by atoms with Gasteiger partial charge in [-0.2, -0.15) is 0 Å². The molecule has 3 N–H and O–H groups in total. The van der Waals surface area contributed by atoms with Crippen molar-refractivity contribution >= 4 is 5.91 Å². The zero-order valence-electron chi connectivity index (χ0n) is 14.3. The maximum atomic E-state index is 12.3. The third-order valence-corrected chi connectivity index (χ3v) is 5.60. The Morgan fingerprint density at radius 3 is 2.50 bits per heavy atom. The van der Waals surface area contributed by atoms with Crippen molar-refractivity contribution in [3.8, 4) is 0 Å². The topological polar surface area (TPSA) is 67.6 Å². The Balaban J connectivity index is 1.96. The van der Waals surface area contributed by atoms with E-state index in [4.69, 9.17) is 10.5 Å². The molecule has 2 saturated heterocycles. The quantitative estimate of drug-likeness (QED) is 0.780. The summed E-state index contributed by atoms with van der Waals surface area (Å²) < 4.78 is 5.56. The number of piperidine rings is 1. The molecule has 0 aromatic rings. The summed E-state index contributed by atoms with van der Waals surface area (Å²) in [5.74, 6) is 0.220. The molecule has 5 nitrogen and oxygen atoms in total. The van der Waals surface area contributed by atoms with Crippen LogP contribution in [0.5, 0.6) is 0 Å². The van der Waals surface area contributed by atoms with Gasteiger partial charge in [-0.25, -0.2) is 0 Å². The lowest BCUT2D eigenvalue weighted by molar-refractivity contribution is -0.125. The third-order valence-electron chi connectivity index (χ3n) is 5.60. The Hall–Kier alpha value is -0.650. The van der Waals surface area contributed by atoms with E-state index >= 15 is 0 Å². The smallest absolute Gasteiger partial charge is 0.237 e. The van der Waals surface area contributed by atoms with Crippen molar-refractivity contribution in [3.63, 3.8) is 0 Å². The second-order valence-electron chi connectivity index (χ2n) is 7.01. The first-order valence-electron chi connectivity index (χ1n) is 8.95. The van der Waals surface area contributed by atoms with Crippen molar-refractivity contribution in [2.45, 2.75) is 64.0 Å². The fourth-order valence-corrected chi connectivity index (χ4v) is 3.61. The van der Waals surface area contributed by atoms with E-state index in [0.717, 1.165) is 45.6 Å². The molecule has 5 heteroatoms. The molecule has 0 bridgehead atoms. The standard InChI is InChI=1S/C17H33N3O2/c1-3-14(2)15(18)16(21)19-13-17(7-11-22-12-8-17)20-9-5-4-6-10-20/h14-15H,3-13,18H2,1-2H3,(H,19,21). The highest BCUT2D eigenvalue weighted by Crippen LogP contribution is 2.30. The molecule has 2 unspecified atom stereocenters. The highest BCUT2D eigenvalue weighted by molar-refractivity contribution is 5.81. The van der Waals surface area contributed by atoms with Crippen LogP contribution in [0, 0.1) is 5.92 Å². The number of ether oxygens (including phenoxy) is 1. The summed E-state index contributed by atoms with van der Waals surface area (Å²) in [7, 11) is 0. The minimum Gasteiger partial charge on any atom is -0.381 e. The average molecular weight is 311 g/mol. The van der Waals surface area contributed by atoms with Gasteiger partial charge in [0.2, 0.25) is 5.91 Å². The molecule has 128 valence electrons. The van der Waals surface area contributed by atoms with E-state index in [1.807, 2.05) is 6.92 Å². The number of amides is 1. The minimum absolute atomic E-state index is 0.00257. The molecule has 0 spiro atoms. The molecule has 2 fully saturated rings. The van der Waals surface area contributed by atoms with Gasteiger partial charge < -0.3 is 15.8 Å². The van der Waals surface area contributed by atoms with Crippen LogP contribution < -0.4 is 11.1 Å². The summed E-state index contributed by atoms with van der Waals surface area (Å²) in [4.78, 5) is 14.9. The summed E-state index contributed by atoms with van der Waals surface area (Å²) in [6.45, 7) is 8.71. The van der Waals surface area contributed by atoms with Crippen LogP contribution in [-0.4, -0.2) is 55.2 Å². The van der Waals surface area contributed by atoms with Gasteiger partial charge in [-0.1, -0.05) is 26.7 Å². The van der Waals surface area contributed by atoms with E-state index in [0.29, 0.717) is 6.54 Å². The molecule has 1 amide bonds. The number of nitrogens with two attached hydrogens (primary N) is 1. The fraction of sp³-hybridized carbons (Fsp3) is 0.941. The number of hydrogen-bond donors (Lipinski definition) is 2. The van der Waals surface area contributed by atoms with Crippen LogP contribution in [0.25, 0.3) is 0 Å². The number of nitrogens with one attached hydrogen (secondary N) is 1. The molecule has 0 aromatic carbocycles. The van der Waals surface area contributed by atoms with Gasteiger partial charge in [0, 0.05) is 25.3 Å². The Morgan fingerprint density at radius 1 is 1.27 bits per heavy atom. The van der Waals surface area contributed by atoms with E-state index in [1.54, 1.807) is 0 Å². The highest BCUT2D eigenvalue weighted by atomic mass is 16.5. The molecular formula is C17H33N3O2. The van der Waals surface area contributed by atoms with Gasteiger partial charge in [-0.15, -0.1) is 0 Å². The van der Waals surface area contributed by atoms with Gasteiger partial charge in [0.15, 0.2) is 0 Å². The van der Waals surface area contributed by atoms with Crippen molar-refractivity contribution < 1.29 is 9.53 Å². The number of carbonyl (C=O) groups excluding carboxylic acids is 1. The molecule has 2 rings (SSSR count). The highest BCUT2D eigenvalue weighted by Gasteiger charge is 2.39. The Labute approximate surface area is 134 Å². The van der Waals surface area contributed by atoms with Crippen molar-refractivity contribution in [1.82, 2.24) is 10.2 Å². The summed E-state index contributed by atoms with van der Waals surface area (Å²) in [6.07, 6.45) is 6.80. The molecule has 0 aromatic heterocycles. The zero-order chi connectivity index (χ0) is 16.0. The van der Waals surface area contributed by atoms with Gasteiger partial charge in [-0.05, 0) is 44.7 Å². The van der Waals surface area contributed by atoms with Crippen molar-refractivity contribution in [2.24, 2.45) is 11.7 Å². The van der Waals surface area contributed by atoms with Gasteiger partial charge in [0.25, 0.3) is 0 Å². The summed E-state index contributed by atoms with van der Waals surface area (Å²) in [6, 6.07) is -0.400. The maximum absolute atomic E-state index is 12.3. The maximum Gasteiger partial charge on any atom is 0.237 e. The van der Waals surface area contributed by atoms with Crippen molar-refractivity contribution in [3.05, 3.63) is 0 Å². The largest absolute Gasteiger partial charge is 0.381 e.